The predicted molar refractivity (Wildman–Crippen MR) is 78.9 cm³/mol. The number of thiophene rings is 1. The molecule has 0 amide bonds. The van der Waals surface area contributed by atoms with Crippen molar-refractivity contribution in [1.29, 1.82) is 0 Å². The molecule has 1 atom stereocenters. The van der Waals surface area contributed by atoms with Gasteiger partial charge in [0.05, 0.1) is 4.90 Å². The Morgan fingerprint density at radius 1 is 1.53 bits per heavy atom. The average Bonchev–Trinajstić information content (AvgIpc) is 2.88. The van der Waals surface area contributed by atoms with Gasteiger partial charge in [0.15, 0.2) is 0 Å². The Bertz CT molecular complexity index is 510. The van der Waals surface area contributed by atoms with E-state index in [0.29, 0.717) is 23.9 Å². The normalized spacial score (nSPS) is 21.7. The zero-order valence-corrected chi connectivity index (χ0v) is 13.2. The van der Waals surface area contributed by atoms with Crippen LogP contribution < -0.4 is 5.32 Å². The molecule has 6 heteroatoms. The van der Waals surface area contributed by atoms with Crippen LogP contribution in [0.15, 0.2) is 16.3 Å². The SMILES string of the molecule is CCC1CCCN(S(=O)(=O)c2csc(CNC)c2)C1. The Morgan fingerprint density at radius 3 is 3.00 bits per heavy atom. The lowest BCUT2D eigenvalue weighted by atomic mass is 9.97. The van der Waals surface area contributed by atoms with Crippen molar-refractivity contribution in [3.05, 3.63) is 16.3 Å². The number of sulfonamides is 1. The van der Waals surface area contributed by atoms with Crippen molar-refractivity contribution in [2.24, 2.45) is 5.92 Å². The van der Waals surface area contributed by atoms with Gasteiger partial charge in [-0.1, -0.05) is 13.3 Å². The Morgan fingerprint density at radius 2 is 2.32 bits per heavy atom. The van der Waals surface area contributed by atoms with Gasteiger partial charge in [0.2, 0.25) is 10.0 Å². The summed E-state index contributed by atoms with van der Waals surface area (Å²) in [7, 11) is -1.42. The summed E-state index contributed by atoms with van der Waals surface area (Å²) < 4.78 is 26.8. The van der Waals surface area contributed by atoms with E-state index >= 15 is 0 Å². The molecule has 0 aromatic carbocycles. The fourth-order valence-electron chi connectivity index (χ4n) is 2.49. The highest BCUT2D eigenvalue weighted by atomic mass is 32.2. The molecule has 1 N–H and O–H groups in total. The number of hydrogen-bond acceptors (Lipinski definition) is 4. The highest BCUT2D eigenvalue weighted by Gasteiger charge is 2.30. The molecule has 0 aliphatic carbocycles. The molecule has 2 heterocycles. The summed E-state index contributed by atoms with van der Waals surface area (Å²) in [6.45, 7) is 4.19. The van der Waals surface area contributed by atoms with Crippen LogP contribution in [0.3, 0.4) is 0 Å². The zero-order chi connectivity index (χ0) is 13.9. The minimum Gasteiger partial charge on any atom is -0.315 e. The predicted octanol–water partition coefficient (Wildman–Crippen LogP) is 2.28. The van der Waals surface area contributed by atoms with Gasteiger partial charge >= 0.3 is 0 Å². The highest BCUT2D eigenvalue weighted by Crippen LogP contribution is 2.27. The smallest absolute Gasteiger partial charge is 0.243 e. The van der Waals surface area contributed by atoms with Crippen LogP contribution in [0.5, 0.6) is 0 Å². The van der Waals surface area contributed by atoms with Gasteiger partial charge in [-0.2, -0.15) is 4.31 Å². The molecule has 1 saturated heterocycles. The fourth-order valence-corrected chi connectivity index (χ4v) is 5.32. The number of piperidine rings is 1. The van der Waals surface area contributed by atoms with E-state index in [1.54, 1.807) is 15.8 Å². The van der Waals surface area contributed by atoms with E-state index in [0.717, 1.165) is 30.7 Å². The second-order valence-electron chi connectivity index (χ2n) is 5.06. The van der Waals surface area contributed by atoms with Gasteiger partial charge in [0.25, 0.3) is 0 Å². The van der Waals surface area contributed by atoms with E-state index in [1.165, 1.54) is 11.3 Å². The fraction of sp³-hybridized carbons (Fsp3) is 0.692. The van der Waals surface area contributed by atoms with Gasteiger partial charge < -0.3 is 5.32 Å². The number of hydrogen-bond donors (Lipinski definition) is 1. The topological polar surface area (TPSA) is 49.4 Å². The summed E-state index contributed by atoms with van der Waals surface area (Å²) in [5.41, 5.74) is 0. The highest BCUT2D eigenvalue weighted by molar-refractivity contribution is 7.89. The molecule has 0 bridgehead atoms. The molecule has 1 aromatic heterocycles. The summed E-state index contributed by atoms with van der Waals surface area (Å²) in [6.07, 6.45) is 3.18. The molecule has 1 aliphatic rings. The van der Waals surface area contributed by atoms with Crippen molar-refractivity contribution in [1.82, 2.24) is 9.62 Å². The Hall–Kier alpha value is -0.430. The lowest BCUT2D eigenvalue weighted by molar-refractivity contribution is 0.261. The Labute approximate surface area is 119 Å². The maximum atomic E-state index is 12.6. The first kappa shape index (κ1) is 15.0. The molecular formula is C13H22N2O2S2. The number of rotatable bonds is 5. The van der Waals surface area contributed by atoms with Crippen LogP contribution in [0.1, 0.15) is 31.1 Å². The minimum atomic E-state index is -3.29. The molecule has 1 fully saturated rings. The lowest BCUT2D eigenvalue weighted by Gasteiger charge is -2.31. The molecule has 0 radical (unpaired) electrons. The third kappa shape index (κ3) is 3.37. The molecule has 108 valence electrons. The first-order valence-corrected chi connectivity index (χ1v) is 9.12. The Balaban J connectivity index is 2.16. The van der Waals surface area contributed by atoms with Crippen molar-refractivity contribution in [2.45, 2.75) is 37.6 Å². The summed E-state index contributed by atoms with van der Waals surface area (Å²) >= 11 is 1.50. The minimum absolute atomic E-state index is 0.458. The second kappa shape index (κ2) is 6.35. The van der Waals surface area contributed by atoms with Gasteiger partial charge in [-0.25, -0.2) is 8.42 Å². The monoisotopic (exact) mass is 302 g/mol. The van der Waals surface area contributed by atoms with Crippen LogP contribution in [0.2, 0.25) is 0 Å². The van der Waals surface area contributed by atoms with Crippen molar-refractivity contribution in [2.75, 3.05) is 20.1 Å². The van der Waals surface area contributed by atoms with Crippen LogP contribution in [0, 0.1) is 5.92 Å². The van der Waals surface area contributed by atoms with Crippen LogP contribution in [-0.4, -0.2) is 32.9 Å². The van der Waals surface area contributed by atoms with Gasteiger partial charge in [-0.05, 0) is 31.9 Å². The molecule has 1 unspecified atom stereocenters. The average molecular weight is 302 g/mol. The van der Waals surface area contributed by atoms with Gasteiger partial charge in [-0.3, -0.25) is 0 Å². The second-order valence-corrected chi connectivity index (χ2v) is 7.99. The van der Waals surface area contributed by atoms with Crippen molar-refractivity contribution in [3.8, 4) is 0 Å². The number of nitrogens with zero attached hydrogens (tertiary/aromatic N) is 1. The van der Waals surface area contributed by atoms with E-state index in [2.05, 4.69) is 12.2 Å². The van der Waals surface area contributed by atoms with E-state index in [9.17, 15) is 8.42 Å². The Kier molecular flexibility index (Phi) is 5.00. The molecule has 19 heavy (non-hydrogen) atoms. The maximum absolute atomic E-state index is 12.6. The van der Waals surface area contributed by atoms with Gasteiger partial charge in [0.1, 0.15) is 0 Å². The van der Waals surface area contributed by atoms with Gasteiger partial charge in [0, 0.05) is 29.9 Å². The molecule has 2 rings (SSSR count). The molecule has 4 nitrogen and oxygen atoms in total. The van der Waals surface area contributed by atoms with Crippen molar-refractivity contribution < 1.29 is 8.42 Å². The van der Waals surface area contributed by atoms with E-state index in [1.807, 2.05) is 7.05 Å². The van der Waals surface area contributed by atoms with E-state index in [-0.39, 0.29) is 0 Å². The summed E-state index contributed by atoms with van der Waals surface area (Å²) in [5, 5.41) is 4.81. The summed E-state index contributed by atoms with van der Waals surface area (Å²) in [5.74, 6) is 0.513. The molecule has 0 saturated carbocycles. The standard InChI is InChI=1S/C13H22N2O2S2/c1-3-11-5-4-6-15(9-11)19(16,17)13-7-12(8-14-2)18-10-13/h7,10-11,14H,3-6,8-9H2,1-2H3. The molecule has 0 spiro atoms. The zero-order valence-electron chi connectivity index (χ0n) is 11.6. The number of nitrogens with one attached hydrogen (secondary N) is 1. The lowest BCUT2D eigenvalue weighted by Crippen LogP contribution is -2.39. The largest absolute Gasteiger partial charge is 0.315 e. The van der Waals surface area contributed by atoms with Crippen LogP contribution >= 0.6 is 11.3 Å². The van der Waals surface area contributed by atoms with Gasteiger partial charge in [-0.15, -0.1) is 11.3 Å². The maximum Gasteiger partial charge on any atom is 0.243 e. The molecule has 1 aliphatic heterocycles. The van der Waals surface area contributed by atoms with Crippen molar-refractivity contribution >= 4 is 21.4 Å². The van der Waals surface area contributed by atoms with Crippen LogP contribution in [0.25, 0.3) is 0 Å². The van der Waals surface area contributed by atoms with E-state index in [4.69, 9.17) is 0 Å². The van der Waals surface area contributed by atoms with Crippen LogP contribution in [-0.2, 0) is 16.6 Å². The third-order valence-electron chi connectivity index (χ3n) is 3.68. The quantitative estimate of drug-likeness (QED) is 0.908. The summed E-state index contributed by atoms with van der Waals surface area (Å²) in [6, 6.07) is 1.80. The van der Waals surface area contributed by atoms with E-state index < -0.39 is 10.0 Å². The van der Waals surface area contributed by atoms with Crippen molar-refractivity contribution in [3.63, 3.8) is 0 Å². The first-order valence-electron chi connectivity index (χ1n) is 6.80. The molecular weight excluding hydrogens is 280 g/mol. The molecule has 1 aromatic rings. The van der Waals surface area contributed by atoms with Crippen LogP contribution in [0.4, 0.5) is 0 Å². The third-order valence-corrected chi connectivity index (χ3v) is 6.61. The summed E-state index contributed by atoms with van der Waals surface area (Å²) in [4.78, 5) is 1.52. The first-order chi connectivity index (χ1) is 9.07.